The molecule has 1 heterocycles. The van der Waals surface area contributed by atoms with Gasteiger partial charge in [-0.2, -0.15) is 0 Å². The van der Waals surface area contributed by atoms with Crippen LogP contribution in [-0.2, 0) is 19.1 Å². The summed E-state index contributed by atoms with van der Waals surface area (Å²) in [5.74, 6) is -2.78. The number of rotatable bonds is 3. The highest BCUT2D eigenvalue weighted by Gasteiger charge is 2.50. The number of nitrogens with zero attached hydrogens (tertiary/aromatic N) is 1. The van der Waals surface area contributed by atoms with E-state index in [0.29, 0.717) is 13.0 Å². The third-order valence-electron chi connectivity index (χ3n) is 3.12. The predicted octanol–water partition coefficient (Wildman–Crippen LogP) is -1.58. The van der Waals surface area contributed by atoms with Crippen LogP contribution in [0.3, 0.4) is 0 Å². The molecule has 1 aliphatic heterocycles. The number of amides is 2. The van der Waals surface area contributed by atoms with E-state index in [9.17, 15) is 14.4 Å². The number of carbonyl (C=O) groups is 3. The average Bonchev–Trinajstić information content (AvgIpc) is 3.08. The largest absolute Gasteiger partial charge is 0.481 e. The zero-order chi connectivity index (χ0) is 12.6. The van der Waals surface area contributed by atoms with Crippen LogP contribution >= 0.6 is 0 Å². The first-order chi connectivity index (χ1) is 8.00. The molecule has 1 saturated carbocycles. The Hall–Kier alpha value is -1.63. The van der Waals surface area contributed by atoms with Crippen molar-refractivity contribution in [1.29, 1.82) is 0 Å². The molecule has 94 valence electrons. The van der Waals surface area contributed by atoms with Gasteiger partial charge in [0.15, 0.2) is 6.10 Å². The van der Waals surface area contributed by atoms with Crippen molar-refractivity contribution in [2.24, 2.45) is 17.6 Å². The summed E-state index contributed by atoms with van der Waals surface area (Å²) in [5, 5.41) is 8.74. The first kappa shape index (κ1) is 11.8. The zero-order valence-corrected chi connectivity index (χ0v) is 9.17. The van der Waals surface area contributed by atoms with Crippen LogP contribution < -0.4 is 5.73 Å². The molecule has 0 bridgehead atoms. The Morgan fingerprint density at radius 2 is 2.00 bits per heavy atom. The van der Waals surface area contributed by atoms with Crippen molar-refractivity contribution in [2.45, 2.75) is 12.5 Å². The number of carboxylic acid groups (broad SMARTS) is 1. The number of aliphatic carboxylic acids is 1. The van der Waals surface area contributed by atoms with Crippen molar-refractivity contribution in [3.05, 3.63) is 0 Å². The van der Waals surface area contributed by atoms with Crippen LogP contribution in [0.5, 0.6) is 0 Å². The highest BCUT2D eigenvalue weighted by Crippen LogP contribution is 2.40. The molecule has 0 radical (unpaired) electrons. The van der Waals surface area contributed by atoms with E-state index in [0.717, 1.165) is 0 Å². The lowest BCUT2D eigenvalue weighted by Gasteiger charge is -2.31. The Kier molecular flexibility index (Phi) is 3.01. The summed E-state index contributed by atoms with van der Waals surface area (Å²) in [4.78, 5) is 35.0. The Morgan fingerprint density at radius 1 is 1.29 bits per heavy atom. The van der Waals surface area contributed by atoms with E-state index in [-0.39, 0.29) is 19.1 Å². The number of carboxylic acids is 1. The van der Waals surface area contributed by atoms with Gasteiger partial charge in [0.05, 0.1) is 25.0 Å². The molecule has 3 N–H and O–H groups in total. The molecule has 2 rings (SSSR count). The van der Waals surface area contributed by atoms with Gasteiger partial charge in [-0.05, 0) is 6.42 Å². The second-order valence-electron chi connectivity index (χ2n) is 4.33. The summed E-state index contributed by atoms with van der Waals surface area (Å²) in [6.45, 7) is 0.756. The van der Waals surface area contributed by atoms with Crippen LogP contribution in [-0.4, -0.2) is 53.6 Å². The smallest absolute Gasteiger partial charge is 0.307 e. The Labute approximate surface area is 97.5 Å². The van der Waals surface area contributed by atoms with Crippen LogP contribution in [0.25, 0.3) is 0 Å². The van der Waals surface area contributed by atoms with Crippen LogP contribution in [0.2, 0.25) is 0 Å². The average molecular weight is 242 g/mol. The molecule has 2 aliphatic rings. The van der Waals surface area contributed by atoms with Gasteiger partial charge in [0.25, 0.3) is 0 Å². The van der Waals surface area contributed by atoms with Crippen molar-refractivity contribution in [3.8, 4) is 0 Å². The van der Waals surface area contributed by atoms with Crippen molar-refractivity contribution in [1.82, 2.24) is 4.90 Å². The summed E-state index contributed by atoms with van der Waals surface area (Å²) in [7, 11) is 0. The summed E-state index contributed by atoms with van der Waals surface area (Å²) >= 11 is 0. The van der Waals surface area contributed by atoms with E-state index in [2.05, 4.69) is 0 Å². The predicted molar refractivity (Wildman–Crippen MR) is 54.7 cm³/mol. The fourth-order valence-corrected chi connectivity index (χ4v) is 2.00. The molecule has 17 heavy (non-hydrogen) atoms. The van der Waals surface area contributed by atoms with Gasteiger partial charge in [-0.15, -0.1) is 0 Å². The summed E-state index contributed by atoms with van der Waals surface area (Å²) in [6.07, 6.45) is -0.401. The Bertz CT molecular complexity index is 370. The van der Waals surface area contributed by atoms with E-state index >= 15 is 0 Å². The second kappa shape index (κ2) is 4.33. The standard InChI is InChI=1S/C10H14N2O5/c11-8(13)7-4-12(1-2-17-7)9(14)5-3-6(5)10(15)16/h5-7H,1-4H2,(H2,11,13)(H,15,16). The molecular formula is C10H14N2O5. The van der Waals surface area contributed by atoms with Gasteiger partial charge in [-0.3, -0.25) is 14.4 Å². The molecule has 3 atom stereocenters. The van der Waals surface area contributed by atoms with E-state index in [1.54, 1.807) is 0 Å². The third-order valence-corrected chi connectivity index (χ3v) is 3.12. The minimum Gasteiger partial charge on any atom is -0.481 e. The Morgan fingerprint density at radius 3 is 2.53 bits per heavy atom. The first-order valence-electron chi connectivity index (χ1n) is 5.43. The molecule has 0 aromatic carbocycles. The summed E-state index contributed by atoms with van der Waals surface area (Å²) in [5.41, 5.74) is 5.10. The molecule has 7 nitrogen and oxygen atoms in total. The number of hydrogen-bond donors (Lipinski definition) is 2. The van der Waals surface area contributed by atoms with Gasteiger partial charge >= 0.3 is 5.97 Å². The summed E-state index contributed by atoms with van der Waals surface area (Å²) < 4.78 is 5.11. The van der Waals surface area contributed by atoms with E-state index in [1.807, 2.05) is 0 Å². The minimum absolute atomic E-state index is 0.122. The van der Waals surface area contributed by atoms with E-state index in [4.69, 9.17) is 15.6 Å². The fraction of sp³-hybridized carbons (Fsp3) is 0.700. The molecule has 1 saturated heterocycles. The molecule has 1 aliphatic carbocycles. The lowest BCUT2D eigenvalue weighted by Crippen LogP contribution is -2.51. The number of carbonyl (C=O) groups excluding carboxylic acids is 2. The normalized spacial score (nSPS) is 32.0. The molecular weight excluding hydrogens is 228 g/mol. The van der Waals surface area contributed by atoms with Crippen LogP contribution in [0.1, 0.15) is 6.42 Å². The molecule has 2 fully saturated rings. The molecule has 3 unspecified atom stereocenters. The third kappa shape index (κ3) is 2.38. The van der Waals surface area contributed by atoms with Gasteiger partial charge in [0.2, 0.25) is 11.8 Å². The topological polar surface area (TPSA) is 110 Å². The maximum atomic E-state index is 11.9. The van der Waals surface area contributed by atoms with Crippen molar-refractivity contribution < 1.29 is 24.2 Å². The van der Waals surface area contributed by atoms with Gasteiger partial charge in [-0.1, -0.05) is 0 Å². The SMILES string of the molecule is NC(=O)C1CN(C(=O)C2CC2C(=O)O)CCO1. The maximum absolute atomic E-state index is 11.9. The molecule has 0 spiro atoms. The zero-order valence-electron chi connectivity index (χ0n) is 9.17. The number of hydrogen-bond acceptors (Lipinski definition) is 4. The summed E-state index contributed by atoms with van der Waals surface area (Å²) in [6, 6.07) is 0. The quantitative estimate of drug-likeness (QED) is 0.620. The van der Waals surface area contributed by atoms with Crippen molar-refractivity contribution in [3.63, 3.8) is 0 Å². The molecule has 0 aromatic rings. The highest BCUT2D eigenvalue weighted by molar-refractivity contribution is 5.90. The number of ether oxygens (including phenoxy) is 1. The van der Waals surface area contributed by atoms with Gasteiger partial charge < -0.3 is 20.5 Å². The van der Waals surface area contributed by atoms with Crippen molar-refractivity contribution >= 4 is 17.8 Å². The minimum atomic E-state index is -0.942. The van der Waals surface area contributed by atoms with Crippen LogP contribution in [0.4, 0.5) is 0 Å². The van der Waals surface area contributed by atoms with Crippen molar-refractivity contribution in [2.75, 3.05) is 19.7 Å². The monoisotopic (exact) mass is 242 g/mol. The molecule has 7 heteroatoms. The highest BCUT2D eigenvalue weighted by atomic mass is 16.5. The number of nitrogens with two attached hydrogens (primary N) is 1. The van der Waals surface area contributed by atoms with Gasteiger partial charge in [-0.25, -0.2) is 0 Å². The van der Waals surface area contributed by atoms with Crippen LogP contribution in [0, 0.1) is 11.8 Å². The van der Waals surface area contributed by atoms with Gasteiger partial charge in [0, 0.05) is 6.54 Å². The molecule has 0 aromatic heterocycles. The number of primary amides is 1. The van der Waals surface area contributed by atoms with Gasteiger partial charge in [0.1, 0.15) is 0 Å². The Balaban J connectivity index is 1.92. The first-order valence-corrected chi connectivity index (χ1v) is 5.43. The molecule has 2 amide bonds. The maximum Gasteiger partial charge on any atom is 0.307 e. The van der Waals surface area contributed by atoms with Crippen LogP contribution in [0.15, 0.2) is 0 Å². The number of morpholine rings is 1. The lowest BCUT2D eigenvalue weighted by molar-refractivity contribution is -0.148. The fourth-order valence-electron chi connectivity index (χ4n) is 2.00. The lowest BCUT2D eigenvalue weighted by atomic mass is 10.2. The van der Waals surface area contributed by atoms with E-state index < -0.39 is 29.8 Å². The second-order valence-corrected chi connectivity index (χ2v) is 4.33. The van der Waals surface area contributed by atoms with E-state index in [1.165, 1.54) is 4.90 Å².